The molecule has 0 aromatic carbocycles. The van der Waals surface area contributed by atoms with Crippen molar-refractivity contribution in [3.05, 3.63) is 0 Å². The van der Waals surface area contributed by atoms with Crippen LogP contribution in [0.1, 0.15) is 32.6 Å². The SMILES string of the molecule is CCOOC[C@@H]1CCCC[C@@H]1N. The third kappa shape index (κ3) is 3.09. The first-order valence-corrected chi connectivity index (χ1v) is 4.84. The van der Waals surface area contributed by atoms with Crippen LogP contribution in [-0.2, 0) is 9.78 Å². The van der Waals surface area contributed by atoms with Crippen molar-refractivity contribution in [2.45, 2.75) is 38.6 Å². The van der Waals surface area contributed by atoms with E-state index in [0.717, 1.165) is 6.42 Å². The third-order valence-corrected chi connectivity index (χ3v) is 2.45. The van der Waals surface area contributed by atoms with Crippen LogP contribution in [0.2, 0.25) is 0 Å². The molecular formula is C9H19NO2. The average molecular weight is 173 g/mol. The Kier molecular flexibility index (Phi) is 4.58. The largest absolute Gasteiger partial charge is 0.327 e. The molecule has 1 rings (SSSR count). The molecule has 2 N–H and O–H groups in total. The van der Waals surface area contributed by atoms with Crippen LogP contribution in [0.15, 0.2) is 0 Å². The van der Waals surface area contributed by atoms with Crippen LogP contribution < -0.4 is 5.73 Å². The predicted octanol–water partition coefficient (Wildman–Crippen LogP) is 1.47. The van der Waals surface area contributed by atoms with E-state index in [1.807, 2.05) is 6.92 Å². The molecule has 0 amide bonds. The van der Waals surface area contributed by atoms with Crippen LogP contribution in [0.4, 0.5) is 0 Å². The topological polar surface area (TPSA) is 44.5 Å². The fraction of sp³-hybridized carbons (Fsp3) is 1.00. The van der Waals surface area contributed by atoms with Gasteiger partial charge in [0, 0.05) is 12.0 Å². The Bertz CT molecular complexity index is 119. The van der Waals surface area contributed by atoms with Crippen molar-refractivity contribution in [3.63, 3.8) is 0 Å². The molecule has 0 radical (unpaired) electrons. The highest BCUT2D eigenvalue weighted by Gasteiger charge is 2.21. The molecule has 0 aromatic rings. The van der Waals surface area contributed by atoms with Gasteiger partial charge in [-0.25, -0.2) is 9.78 Å². The summed E-state index contributed by atoms with van der Waals surface area (Å²) in [5.41, 5.74) is 5.93. The van der Waals surface area contributed by atoms with Crippen molar-refractivity contribution in [1.29, 1.82) is 0 Å². The van der Waals surface area contributed by atoms with E-state index in [9.17, 15) is 0 Å². The number of rotatable bonds is 4. The van der Waals surface area contributed by atoms with E-state index in [1.165, 1.54) is 19.3 Å². The molecule has 0 spiro atoms. The molecule has 0 bridgehead atoms. The zero-order valence-electron chi connectivity index (χ0n) is 7.79. The summed E-state index contributed by atoms with van der Waals surface area (Å²) < 4.78 is 0. The van der Waals surface area contributed by atoms with Gasteiger partial charge < -0.3 is 5.73 Å². The first-order chi connectivity index (χ1) is 5.84. The van der Waals surface area contributed by atoms with Crippen molar-refractivity contribution < 1.29 is 9.78 Å². The Morgan fingerprint density at radius 3 is 2.67 bits per heavy atom. The van der Waals surface area contributed by atoms with Gasteiger partial charge in [0.05, 0.1) is 13.2 Å². The van der Waals surface area contributed by atoms with Gasteiger partial charge in [0.15, 0.2) is 0 Å². The van der Waals surface area contributed by atoms with Gasteiger partial charge in [-0.3, -0.25) is 0 Å². The van der Waals surface area contributed by atoms with Gasteiger partial charge in [-0.1, -0.05) is 12.8 Å². The molecule has 3 heteroatoms. The van der Waals surface area contributed by atoms with Gasteiger partial charge in [0.2, 0.25) is 0 Å². The molecule has 1 aliphatic rings. The summed E-state index contributed by atoms with van der Waals surface area (Å²) in [6, 6.07) is 0.319. The highest BCUT2D eigenvalue weighted by atomic mass is 17.2. The van der Waals surface area contributed by atoms with E-state index in [1.54, 1.807) is 0 Å². The minimum absolute atomic E-state index is 0.319. The second-order valence-corrected chi connectivity index (χ2v) is 3.40. The maximum absolute atomic E-state index is 5.93. The molecule has 3 nitrogen and oxygen atoms in total. The summed E-state index contributed by atoms with van der Waals surface area (Å²) in [7, 11) is 0. The van der Waals surface area contributed by atoms with Gasteiger partial charge in [-0.05, 0) is 19.8 Å². The summed E-state index contributed by atoms with van der Waals surface area (Å²) in [4.78, 5) is 9.84. The van der Waals surface area contributed by atoms with Gasteiger partial charge in [-0.2, -0.15) is 0 Å². The third-order valence-electron chi connectivity index (χ3n) is 2.45. The predicted molar refractivity (Wildman–Crippen MR) is 47.5 cm³/mol. The van der Waals surface area contributed by atoms with Crippen LogP contribution >= 0.6 is 0 Å². The normalized spacial score (nSPS) is 30.5. The summed E-state index contributed by atoms with van der Waals surface area (Å²) in [5.74, 6) is 0.505. The van der Waals surface area contributed by atoms with Crippen molar-refractivity contribution in [3.8, 4) is 0 Å². The molecule has 0 heterocycles. The summed E-state index contributed by atoms with van der Waals surface area (Å²) >= 11 is 0. The van der Waals surface area contributed by atoms with E-state index in [2.05, 4.69) is 0 Å². The van der Waals surface area contributed by atoms with E-state index in [4.69, 9.17) is 15.5 Å². The van der Waals surface area contributed by atoms with Crippen molar-refractivity contribution >= 4 is 0 Å². The zero-order valence-corrected chi connectivity index (χ0v) is 7.79. The smallest absolute Gasteiger partial charge is 0.0865 e. The van der Waals surface area contributed by atoms with Crippen LogP contribution in [-0.4, -0.2) is 19.3 Å². The number of hydrogen-bond donors (Lipinski definition) is 1. The lowest BCUT2D eigenvalue weighted by Crippen LogP contribution is -2.35. The second-order valence-electron chi connectivity index (χ2n) is 3.40. The van der Waals surface area contributed by atoms with Crippen molar-refractivity contribution in [2.75, 3.05) is 13.2 Å². The highest BCUT2D eigenvalue weighted by Crippen LogP contribution is 2.22. The lowest BCUT2D eigenvalue weighted by Gasteiger charge is -2.27. The minimum Gasteiger partial charge on any atom is -0.327 e. The van der Waals surface area contributed by atoms with Crippen LogP contribution in [0.25, 0.3) is 0 Å². The molecule has 0 saturated heterocycles. The Labute approximate surface area is 74.1 Å². The minimum atomic E-state index is 0.319. The molecular weight excluding hydrogens is 154 g/mol. The molecule has 0 aromatic heterocycles. The molecule has 0 unspecified atom stereocenters. The Balaban J connectivity index is 2.11. The van der Waals surface area contributed by atoms with E-state index in [-0.39, 0.29) is 0 Å². The monoisotopic (exact) mass is 173 g/mol. The quantitative estimate of drug-likeness (QED) is 0.398. The summed E-state index contributed by atoms with van der Waals surface area (Å²) in [6.45, 7) is 3.19. The maximum Gasteiger partial charge on any atom is 0.0865 e. The van der Waals surface area contributed by atoms with Gasteiger partial charge in [0.1, 0.15) is 0 Å². The van der Waals surface area contributed by atoms with Crippen LogP contribution in [0, 0.1) is 5.92 Å². The molecule has 1 aliphatic carbocycles. The van der Waals surface area contributed by atoms with Crippen LogP contribution in [0.3, 0.4) is 0 Å². The summed E-state index contributed by atoms with van der Waals surface area (Å²) in [5, 5.41) is 0. The van der Waals surface area contributed by atoms with E-state index < -0.39 is 0 Å². The lowest BCUT2D eigenvalue weighted by atomic mass is 9.86. The molecule has 2 atom stereocenters. The van der Waals surface area contributed by atoms with Gasteiger partial charge in [-0.15, -0.1) is 0 Å². The first kappa shape index (κ1) is 9.96. The fourth-order valence-electron chi connectivity index (χ4n) is 1.66. The van der Waals surface area contributed by atoms with Crippen molar-refractivity contribution in [2.24, 2.45) is 11.7 Å². The van der Waals surface area contributed by atoms with Crippen LogP contribution in [0.5, 0.6) is 0 Å². The molecule has 1 fully saturated rings. The highest BCUT2D eigenvalue weighted by molar-refractivity contribution is 4.77. The number of nitrogens with two attached hydrogens (primary N) is 1. The zero-order chi connectivity index (χ0) is 8.81. The molecule has 12 heavy (non-hydrogen) atoms. The second kappa shape index (κ2) is 5.51. The fourth-order valence-corrected chi connectivity index (χ4v) is 1.66. The number of hydrogen-bond acceptors (Lipinski definition) is 3. The van der Waals surface area contributed by atoms with E-state index >= 15 is 0 Å². The molecule has 1 saturated carbocycles. The lowest BCUT2D eigenvalue weighted by molar-refractivity contribution is -0.299. The molecule has 0 aliphatic heterocycles. The van der Waals surface area contributed by atoms with E-state index in [0.29, 0.717) is 25.2 Å². The Morgan fingerprint density at radius 2 is 2.00 bits per heavy atom. The van der Waals surface area contributed by atoms with Gasteiger partial charge >= 0.3 is 0 Å². The first-order valence-electron chi connectivity index (χ1n) is 4.84. The summed E-state index contributed by atoms with van der Waals surface area (Å²) in [6.07, 6.45) is 4.88. The maximum atomic E-state index is 5.93. The molecule has 72 valence electrons. The average Bonchev–Trinajstić information content (AvgIpc) is 2.09. The Hall–Kier alpha value is -0.120. The standard InChI is InChI=1S/C9H19NO2/c1-2-11-12-7-8-5-3-4-6-9(8)10/h8-9H,2-7,10H2,1H3/t8-,9-/m0/s1. The Morgan fingerprint density at radius 1 is 1.25 bits per heavy atom. The van der Waals surface area contributed by atoms with Crippen molar-refractivity contribution in [1.82, 2.24) is 0 Å². The van der Waals surface area contributed by atoms with Gasteiger partial charge in [0.25, 0.3) is 0 Å².